The van der Waals surface area contributed by atoms with E-state index in [0.29, 0.717) is 6.54 Å². The van der Waals surface area contributed by atoms with Gasteiger partial charge in [0.1, 0.15) is 0 Å². The maximum absolute atomic E-state index is 10.8. The predicted octanol–water partition coefficient (Wildman–Crippen LogP) is 3.25. The SMILES string of the molecule is Cc1cc(C)cc(C(O)C2(CN)CCCCC2)c1. The Morgan fingerprint density at radius 3 is 2.17 bits per heavy atom. The lowest BCUT2D eigenvalue weighted by molar-refractivity contribution is 0.000633. The standard InChI is InChI=1S/C16H25NO/c1-12-8-13(2)10-14(9-12)15(18)16(11-17)6-4-3-5-7-16/h8-10,15,18H,3-7,11,17H2,1-2H3. The molecule has 1 aromatic rings. The Labute approximate surface area is 110 Å². The van der Waals surface area contributed by atoms with Crippen LogP contribution in [0.5, 0.6) is 0 Å². The van der Waals surface area contributed by atoms with E-state index < -0.39 is 6.10 Å². The molecule has 1 unspecified atom stereocenters. The van der Waals surface area contributed by atoms with Crippen LogP contribution >= 0.6 is 0 Å². The summed E-state index contributed by atoms with van der Waals surface area (Å²) in [6, 6.07) is 6.35. The van der Waals surface area contributed by atoms with Gasteiger partial charge in [-0.25, -0.2) is 0 Å². The highest BCUT2D eigenvalue weighted by Crippen LogP contribution is 2.45. The van der Waals surface area contributed by atoms with E-state index in [-0.39, 0.29) is 5.41 Å². The lowest BCUT2D eigenvalue weighted by Crippen LogP contribution is -2.38. The number of hydrogen-bond donors (Lipinski definition) is 2. The Balaban J connectivity index is 2.30. The van der Waals surface area contributed by atoms with E-state index in [9.17, 15) is 5.11 Å². The molecule has 2 nitrogen and oxygen atoms in total. The number of rotatable bonds is 3. The molecule has 1 aromatic carbocycles. The molecule has 0 aliphatic heterocycles. The van der Waals surface area contributed by atoms with Crippen molar-refractivity contribution in [2.75, 3.05) is 6.54 Å². The Morgan fingerprint density at radius 1 is 1.11 bits per heavy atom. The van der Waals surface area contributed by atoms with Crippen molar-refractivity contribution in [1.29, 1.82) is 0 Å². The molecule has 3 N–H and O–H groups in total. The van der Waals surface area contributed by atoms with Crippen LogP contribution in [0.3, 0.4) is 0 Å². The van der Waals surface area contributed by atoms with Gasteiger partial charge >= 0.3 is 0 Å². The van der Waals surface area contributed by atoms with Gasteiger partial charge < -0.3 is 10.8 Å². The zero-order valence-corrected chi connectivity index (χ0v) is 11.6. The summed E-state index contributed by atoms with van der Waals surface area (Å²) in [5.74, 6) is 0. The Kier molecular flexibility index (Phi) is 4.08. The minimum Gasteiger partial charge on any atom is -0.388 e. The molecule has 1 saturated carbocycles. The van der Waals surface area contributed by atoms with Crippen molar-refractivity contribution >= 4 is 0 Å². The first-order valence-corrected chi connectivity index (χ1v) is 7.04. The van der Waals surface area contributed by atoms with Crippen LogP contribution in [0.4, 0.5) is 0 Å². The van der Waals surface area contributed by atoms with Crippen LogP contribution in [0.2, 0.25) is 0 Å². The molecule has 0 bridgehead atoms. The highest BCUT2D eigenvalue weighted by atomic mass is 16.3. The van der Waals surface area contributed by atoms with E-state index in [0.717, 1.165) is 18.4 Å². The van der Waals surface area contributed by atoms with Crippen LogP contribution in [0.15, 0.2) is 18.2 Å². The second-order valence-corrected chi connectivity index (χ2v) is 5.95. The maximum Gasteiger partial charge on any atom is 0.0858 e. The number of aliphatic hydroxyl groups excluding tert-OH is 1. The number of nitrogens with two attached hydrogens (primary N) is 1. The summed E-state index contributed by atoms with van der Waals surface area (Å²) in [6.45, 7) is 4.75. The van der Waals surface area contributed by atoms with Gasteiger partial charge in [-0.1, -0.05) is 48.6 Å². The molecule has 2 heteroatoms. The largest absolute Gasteiger partial charge is 0.388 e. The lowest BCUT2D eigenvalue weighted by Gasteiger charge is -2.40. The quantitative estimate of drug-likeness (QED) is 0.861. The smallest absolute Gasteiger partial charge is 0.0858 e. The molecule has 0 heterocycles. The molecule has 1 aliphatic carbocycles. The average molecular weight is 247 g/mol. The van der Waals surface area contributed by atoms with E-state index >= 15 is 0 Å². The van der Waals surface area contributed by atoms with Gasteiger partial charge in [-0.2, -0.15) is 0 Å². The van der Waals surface area contributed by atoms with Gasteiger partial charge in [-0.15, -0.1) is 0 Å². The number of aryl methyl sites for hydroxylation is 2. The molecule has 0 radical (unpaired) electrons. The first kappa shape index (κ1) is 13.6. The Hall–Kier alpha value is -0.860. The van der Waals surface area contributed by atoms with Gasteiger partial charge in [-0.05, 0) is 32.3 Å². The van der Waals surface area contributed by atoms with E-state index in [1.807, 2.05) is 0 Å². The predicted molar refractivity (Wildman–Crippen MR) is 75.4 cm³/mol. The molecule has 1 atom stereocenters. The third-order valence-corrected chi connectivity index (χ3v) is 4.40. The first-order valence-electron chi connectivity index (χ1n) is 7.04. The minimum atomic E-state index is -0.415. The number of aliphatic hydroxyl groups is 1. The molecule has 2 rings (SSSR count). The monoisotopic (exact) mass is 247 g/mol. The summed E-state index contributed by atoms with van der Waals surface area (Å²) < 4.78 is 0. The van der Waals surface area contributed by atoms with E-state index in [2.05, 4.69) is 32.0 Å². The summed E-state index contributed by atoms with van der Waals surface area (Å²) in [7, 11) is 0. The Morgan fingerprint density at radius 2 is 1.67 bits per heavy atom. The molecule has 1 aliphatic rings. The van der Waals surface area contributed by atoms with Crippen LogP contribution < -0.4 is 5.73 Å². The van der Waals surface area contributed by atoms with Crippen molar-refractivity contribution in [3.8, 4) is 0 Å². The van der Waals surface area contributed by atoms with Gasteiger partial charge in [0.25, 0.3) is 0 Å². The molecule has 100 valence electrons. The molecule has 1 fully saturated rings. The fraction of sp³-hybridized carbons (Fsp3) is 0.625. The summed E-state index contributed by atoms with van der Waals surface area (Å²) >= 11 is 0. The summed E-state index contributed by atoms with van der Waals surface area (Å²) in [5.41, 5.74) is 9.37. The highest BCUT2D eigenvalue weighted by molar-refractivity contribution is 5.31. The lowest BCUT2D eigenvalue weighted by atomic mass is 9.68. The Bertz CT molecular complexity index is 387. The number of hydrogen-bond acceptors (Lipinski definition) is 2. The second-order valence-electron chi connectivity index (χ2n) is 5.95. The van der Waals surface area contributed by atoms with Gasteiger partial charge in [0.05, 0.1) is 6.10 Å². The van der Waals surface area contributed by atoms with Gasteiger partial charge in [0, 0.05) is 12.0 Å². The van der Waals surface area contributed by atoms with Crippen LogP contribution in [0, 0.1) is 19.3 Å². The van der Waals surface area contributed by atoms with Crippen molar-refractivity contribution in [2.45, 2.75) is 52.1 Å². The van der Waals surface area contributed by atoms with Crippen molar-refractivity contribution in [2.24, 2.45) is 11.1 Å². The van der Waals surface area contributed by atoms with Crippen LogP contribution in [-0.2, 0) is 0 Å². The summed E-state index contributed by atoms with van der Waals surface area (Å²) in [4.78, 5) is 0. The second kappa shape index (κ2) is 5.41. The average Bonchev–Trinajstić information content (AvgIpc) is 2.37. The normalized spacial score (nSPS) is 20.7. The van der Waals surface area contributed by atoms with Gasteiger partial charge in [-0.3, -0.25) is 0 Å². The molecule has 0 amide bonds. The molecule has 18 heavy (non-hydrogen) atoms. The zero-order chi connectivity index (χ0) is 13.2. The molecule has 0 saturated heterocycles. The molecule has 0 spiro atoms. The fourth-order valence-electron chi connectivity index (χ4n) is 3.37. The van der Waals surface area contributed by atoms with Gasteiger partial charge in [0.2, 0.25) is 0 Å². The van der Waals surface area contributed by atoms with Crippen molar-refractivity contribution in [3.05, 3.63) is 34.9 Å². The zero-order valence-electron chi connectivity index (χ0n) is 11.6. The fourth-order valence-corrected chi connectivity index (χ4v) is 3.37. The molecule has 0 aromatic heterocycles. The van der Waals surface area contributed by atoms with Crippen LogP contribution in [0.1, 0.15) is 54.9 Å². The maximum atomic E-state index is 10.8. The first-order chi connectivity index (χ1) is 8.57. The van der Waals surface area contributed by atoms with Crippen molar-refractivity contribution in [1.82, 2.24) is 0 Å². The third kappa shape index (κ3) is 2.60. The topological polar surface area (TPSA) is 46.2 Å². The van der Waals surface area contributed by atoms with Crippen molar-refractivity contribution in [3.63, 3.8) is 0 Å². The molecular weight excluding hydrogens is 222 g/mol. The summed E-state index contributed by atoms with van der Waals surface area (Å²) in [5, 5.41) is 10.8. The third-order valence-electron chi connectivity index (χ3n) is 4.40. The van der Waals surface area contributed by atoms with E-state index in [4.69, 9.17) is 5.73 Å². The highest BCUT2D eigenvalue weighted by Gasteiger charge is 2.38. The molecular formula is C16H25NO. The van der Waals surface area contributed by atoms with E-state index in [1.165, 1.54) is 30.4 Å². The van der Waals surface area contributed by atoms with E-state index in [1.54, 1.807) is 0 Å². The number of benzene rings is 1. The van der Waals surface area contributed by atoms with Crippen LogP contribution in [0.25, 0.3) is 0 Å². The van der Waals surface area contributed by atoms with Crippen molar-refractivity contribution < 1.29 is 5.11 Å². The summed E-state index contributed by atoms with van der Waals surface area (Å²) in [6.07, 6.45) is 5.36. The van der Waals surface area contributed by atoms with Gasteiger partial charge in [0.15, 0.2) is 0 Å². The minimum absolute atomic E-state index is 0.0987. The van der Waals surface area contributed by atoms with Crippen LogP contribution in [-0.4, -0.2) is 11.7 Å².